The van der Waals surface area contributed by atoms with Gasteiger partial charge >= 0.3 is 6.61 Å². The van der Waals surface area contributed by atoms with Crippen molar-refractivity contribution in [3.63, 3.8) is 0 Å². The van der Waals surface area contributed by atoms with Gasteiger partial charge in [0.25, 0.3) is 0 Å². The molecule has 0 saturated heterocycles. The molecule has 8 heteroatoms. The first-order valence-corrected chi connectivity index (χ1v) is 7.97. The molecule has 25 heavy (non-hydrogen) atoms. The molecule has 0 saturated carbocycles. The number of alkyl halides is 2. The molecule has 0 heterocycles. The number of likely N-dealkylation sites (N-methyl/N-ethyl adjacent to an activating group) is 1. The van der Waals surface area contributed by atoms with E-state index < -0.39 is 6.61 Å². The minimum Gasteiger partial charge on any atom is -0.435 e. The summed E-state index contributed by atoms with van der Waals surface area (Å²) in [5.74, 6) is -0.439. The van der Waals surface area contributed by atoms with Crippen LogP contribution in [0.25, 0.3) is 0 Å². The number of carbonyl (C=O) groups excluding carboxylic acids is 2. The molecule has 0 unspecified atom stereocenters. The van der Waals surface area contributed by atoms with Gasteiger partial charge in [0.05, 0.1) is 13.1 Å². The second kappa shape index (κ2) is 9.31. The van der Waals surface area contributed by atoms with Gasteiger partial charge in [0, 0.05) is 11.2 Å². The van der Waals surface area contributed by atoms with Crippen molar-refractivity contribution in [1.82, 2.24) is 10.2 Å². The van der Waals surface area contributed by atoms with E-state index in [0.717, 1.165) is 0 Å². The van der Waals surface area contributed by atoms with E-state index in [4.69, 9.17) is 0 Å². The molecule has 0 aliphatic heterocycles. The van der Waals surface area contributed by atoms with Crippen LogP contribution in [-0.2, 0) is 9.59 Å². The van der Waals surface area contributed by atoms with E-state index in [2.05, 4.69) is 15.4 Å². The van der Waals surface area contributed by atoms with Gasteiger partial charge in [-0.05, 0) is 51.6 Å². The minimum absolute atomic E-state index is 0.0158. The van der Waals surface area contributed by atoms with E-state index >= 15 is 0 Å². The Morgan fingerprint density at radius 3 is 2.16 bits per heavy atom. The van der Waals surface area contributed by atoms with Gasteiger partial charge in [0.15, 0.2) is 0 Å². The summed E-state index contributed by atoms with van der Waals surface area (Å²) < 4.78 is 28.4. The van der Waals surface area contributed by atoms with Crippen LogP contribution in [0.5, 0.6) is 5.75 Å². The molecule has 1 aromatic rings. The van der Waals surface area contributed by atoms with Gasteiger partial charge in [-0.15, -0.1) is 0 Å². The minimum atomic E-state index is -2.89. The van der Waals surface area contributed by atoms with E-state index in [9.17, 15) is 18.4 Å². The number of nitrogens with one attached hydrogen (secondary N) is 2. The number of ether oxygens (including phenoxy) is 1. The highest BCUT2D eigenvalue weighted by Crippen LogP contribution is 2.17. The third-order valence-corrected chi connectivity index (χ3v) is 3.06. The van der Waals surface area contributed by atoms with Crippen LogP contribution in [-0.4, -0.2) is 48.5 Å². The lowest BCUT2D eigenvalue weighted by atomic mass is 10.1. The zero-order valence-corrected chi connectivity index (χ0v) is 14.9. The Morgan fingerprint density at radius 1 is 1.12 bits per heavy atom. The third-order valence-electron chi connectivity index (χ3n) is 3.06. The van der Waals surface area contributed by atoms with Crippen LogP contribution >= 0.6 is 0 Å². The van der Waals surface area contributed by atoms with Gasteiger partial charge in [0.1, 0.15) is 5.75 Å². The second-order valence-electron chi connectivity index (χ2n) is 6.55. The number of amides is 2. The van der Waals surface area contributed by atoms with Crippen LogP contribution < -0.4 is 15.4 Å². The summed E-state index contributed by atoms with van der Waals surface area (Å²) in [5, 5.41) is 5.49. The monoisotopic (exact) mass is 357 g/mol. The van der Waals surface area contributed by atoms with E-state index in [1.165, 1.54) is 24.3 Å². The summed E-state index contributed by atoms with van der Waals surface area (Å²) >= 11 is 0. The summed E-state index contributed by atoms with van der Waals surface area (Å²) in [6.45, 7) is 5.31. The molecule has 140 valence electrons. The smallest absolute Gasteiger partial charge is 0.387 e. The first-order chi connectivity index (χ1) is 11.6. The summed E-state index contributed by atoms with van der Waals surface area (Å²) in [6, 6.07) is 5.63. The third kappa shape index (κ3) is 8.99. The number of nitrogens with zero attached hydrogens (tertiary/aromatic N) is 1. The number of hydrogen-bond donors (Lipinski definition) is 2. The summed E-state index contributed by atoms with van der Waals surface area (Å²) in [7, 11) is 0. The highest BCUT2D eigenvalue weighted by Gasteiger charge is 2.17. The molecule has 2 amide bonds. The van der Waals surface area contributed by atoms with Gasteiger partial charge < -0.3 is 15.4 Å². The molecule has 0 bridgehead atoms. The molecule has 2 N–H and O–H groups in total. The van der Waals surface area contributed by atoms with Crippen LogP contribution in [0.4, 0.5) is 14.5 Å². The molecule has 6 nitrogen and oxygen atoms in total. The maximum absolute atomic E-state index is 12.1. The van der Waals surface area contributed by atoms with Crippen molar-refractivity contribution in [2.45, 2.75) is 39.8 Å². The molecule has 0 aliphatic carbocycles. The van der Waals surface area contributed by atoms with Crippen molar-refractivity contribution in [3.8, 4) is 5.75 Å². The zero-order chi connectivity index (χ0) is 19.0. The predicted molar refractivity (Wildman–Crippen MR) is 91.7 cm³/mol. The van der Waals surface area contributed by atoms with E-state index in [-0.39, 0.29) is 36.2 Å². The van der Waals surface area contributed by atoms with E-state index in [1.807, 2.05) is 27.7 Å². The van der Waals surface area contributed by atoms with Crippen molar-refractivity contribution < 1.29 is 23.1 Å². The number of carbonyl (C=O) groups is 2. The maximum Gasteiger partial charge on any atom is 0.387 e. The molecule has 0 aliphatic rings. The fraction of sp³-hybridized carbons (Fsp3) is 0.529. The van der Waals surface area contributed by atoms with Crippen molar-refractivity contribution in [2.75, 3.05) is 25.0 Å². The normalized spacial score (nSPS) is 11.5. The average molecular weight is 357 g/mol. The SMILES string of the molecule is CCN(CC(=O)Nc1ccc(OC(F)F)cc1)CC(=O)NC(C)(C)C. The number of hydrogen-bond acceptors (Lipinski definition) is 4. The van der Waals surface area contributed by atoms with Crippen molar-refractivity contribution >= 4 is 17.5 Å². The molecular weight excluding hydrogens is 332 g/mol. The average Bonchev–Trinajstić information content (AvgIpc) is 2.46. The number of rotatable bonds is 8. The van der Waals surface area contributed by atoms with Crippen LogP contribution in [0.3, 0.4) is 0 Å². The standard InChI is InChI=1S/C17H25F2N3O3/c1-5-22(11-15(24)21-17(2,3)4)10-14(23)20-12-6-8-13(9-7-12)25-16(18)19/h6-9,16H,5,10-11H2,1-4H3,(H,20,23)(H,21,24). The van der Waals surface area contributed by atoms with Crippen LogP contribution in [0, 0.1) is 0 Å². The van der Waals surface area contributed by atoms with E-state index in [0.29, 0.717) is 12.2 Å². The van der Waals surface area contributed by atoms with Crippen molar-refractivity contribution in [2.24, 2.45) is 0 Å². The van der Waals surface area contributed by atoms with Gasteiger partial charge in [-0.3, -0.25) is 14.5 Å². The topological polar surface area (TPSA) is 70.7 Å². The first kappa shape index (κ1) is 20.8. The van der Waals surface area contributed by atoms with Crippen LogP contribution in [0.15, 0.2) is 24.3 Å². The molecule has 0 fully saturated rings. The predicted octanol–water partition coefficient (Wildman–Crippen LogP) is 2.46. The number of halogens is 2. The summed E-state index contributed by atoms with van der Waals surface area (Å²) in [5.41, 5.74) is 0.127. The lowest BCUT2D eigenvalue weighted by molar-refractivity contribution is -0.124. The Hall–Kier alpha value is -2.22. The fourth-order valence-electron chi connectivity index (χ4n) is 2.06. The van der Waals surface area contributed by atoms with Gasteiger partial charge in [-0.25, -0.2) is 0 Å². The van der Waals surface area contributed by atoms with Crippen molar-refractivity contribution in [1.29, 1.82) is 0 Å². The molecule has 1 aromatic carbocycles. The Kier molecular flexibility index (Phi) is 7.76. The molecule has 1 rings (SSSR count). The van der Waals surface area contributed by atoms with Crippen LogP contribution in [0.2, 0.25) is 0 Å². The maximum atomic E-state index is 12.1. The fourth-order valence-corrected chi connectivity index (χ4v) is 2.06. The highest BCUT2D eigenvalue weighted by molar-refractivity contribution is 5.92. The lowest BCUT2D eigenvalue weighted by Gasteiger charge is -2.24. The lowest BCUT2D eigenvalue weighted by Crippen LogP contribution is -2.47. The largest absolute Gasteiger partial charge is 0.435 e. The van der Waals surface area contributed by atoms with Gasteiger partial charge in [-0.2, -0.15) is 8.78 Å². The van der Waals surface area contributed by atoms with Crippen LogP contribution in [0.1, 0.15) is 27.7 Å². The Bertz CT molecular complexity index is 571. The molecule has 0 aromatic heterocycles. The first-order valence-electron chi connectivity index (χ1n) is 7.97. The summed E-state index contributed by atoms with van der Waals surface area (Å²) in [4.78, 5) is 25.7. The molecule has 0 radical (unpaired) electrons. The van der Waals surface area contributed by atoms with Crippen molar-refractivity contribution in [3.05, 3.63) is 24.3 Å². The molecular formula is C17H25F2N3O3. The zero-order valence-electron chi connectivity index (χ0n) is 14.9. The quantitative estimate of drug-likeness (QED) is 0.750. The number of anilines is 1. The van der Waals surface area contributed by atoms with Gasteiger partial charge in [0.2, 0.25) is 11.8 Å². The second-order valence-corrected chi connectivity index (χ2v) is 6.55. The number of benzene rings is 1. The van der Waals surface area contributed by atoms with E-state index in [1.54, 1.807) is 4.90 Å². The molecule has 0 atom stereocenters. The Labute approximate surface area is 146 Å². The summed E-state index contributed by atoms with van der Waals surface area (Å²) in [6.07, 6.45) is 0. The molecule has 0 spiro atoms. The highest BCUT2D eigenvalue weighted by atomic mass is 19.3. The Balaban J connectivity index is 2.51. The Morgan fingerprint density at radius 2 is 1.68 bits per heavy atom. The van der Waals surface area contributed by atoms with Gasteiger partial charge in [-0.1, -0.05) is 6.92 Å².